The van der Waals surface area contributed by atoms with Gasteiger partial charge in [-0.15, -0.1) is 0 Å². The Kier molecular flexibility index (Phi) is 4.07. The number of benzene rings is 1. The average molecular weight is 252 g/mol. The minimum Gasteiger partial charge on any atom is -0.397 e. The number of hydrogen-bond donors (Lipinski definition) is 1. The number of hydrogen-bond acceptors (Lipinski definition) is 3. The Bertz CT molecular complexity index is 415. The predicted molar refractivity (Wildman–Crippen MR) is 72.4 cm³/mol. The zero-order chi connectivity index (χ0) is 13.1. The number of anilines is 2. The highest BCUT2D eigenvalue weighted by atomic mass is 19.1. The molecule has 100 valence electrons. The van der Waals surface area contributed by atoms with Crippen LogP contribution in [0.25, 0.3) is 0 Å². The van der Waals surface area contributed by atoms with E-state index in [1.54, 1.807) is 6.92 Å². The van der Waals surface area contributed by atoms with Gasteiger partial charge in [-0.2, -0.15) is 0 Å². The van der Waals surface area contributed by atoms with Gasteiger partial charge in [-0.25, -0.2) is 4.39 Å². The summed E-state index contributed by atoms with van der Waals surface area (Å²) in [5.41, 5.74) is 8.02. The number of halogens is 1. The van der Waals surface area contributed by atoms with Crippen LogP contribution in [-0.2, 0) is 4.74 Å². The average Bonchev–Trinajstić information content (AvgIpc) is 2.35. The van der Waals surface area contributed by atoms with Crippen molar-refractivity contribution >= 4 is 11.4 Å². The van der Waals surface area contributed by atoms with Gasteiger partial charge in [0.2, 0.25) is 0 Å². The molecule has 0 saturated carbocycles. The van der Waals surface area contributed by atoms with Crippen LogP contribution in [0.1, 0.15) is 25.3 Å². The van der Waals surface area contributed by atoms with E-state index in [0.717, 1.165) is 38.2 Å². The van der Waals surface area contributed by atoms with Gasteiger partial charge in [0.15, 0.2) is 0 Å². The van der Waals surface area contributed by atoms with Crippen molar-refractivity contribution in [1.82, 2.24) is 0 Å². The third-order valence-corrected chi connectivity index (χ3v) is 3.49. The normalized spacial score (nSPS) is 17.2. The van der Waals surface area contributed by atoms with Crippen LogP contribution in [0.3, 0.4) is 0 Å². The third-order valence-electron chi connectivity index (χ3n) is 3.49. The minimum absolute atomic E-state index is 0.236. The van der Waals surface area contributed by atoms with Crippen LogP contribution in [0.2, 0.25) is 0 Å². The number of nitrogens with two attached hydrogens (primary N) is 1. The van der Waals surface area contributed by atoms with Crippen LogP contribution in [0.15, 0.2) is 12.1 Å². The zero-order valence-electron chi connectivity index (χ0n) is 11.1. The molecule has 0 aromatic heterocycles. The van der Waals surface area contributed by atoms with Crippen molar-refractivity contribution in [3.63, 3.8) is 0 Å². The Labute approximate surface area is 108 Å². The van der Waals surface area contributed by atoms with Crippen molar-refractivity contribution in [2.24, 2.45) is 0 Å². The van der Waals surface area contributed by atoms with E-state index in [1.165, 1.54) is 6.07 Å². The Balaban J connectivity index is 2.07. The van der Waals surface area contributed by atoms with Crippen LogP contribution >= 0.6 is 0 Å². The number of ether oxygens (including phenoxy) is 1. The first kappa shape index (κ1) is 13.1. The summed E-state index contributed by atoms with van der Waals surface area (Å²) in [6, 6.07) is 3.25. The van der Waals surface area contributed by atoms with Crippen LogP contribution in [0, 0.1) is 12.7 Å². The van der Waals surface area contributed by atoms with Crippen molar-refractivity contribution in [3.05, 3.63) is 23.5 Å². The van der Waals surface area contributed by atoms with Crippen LogP contribution in [0.5, 0.6) is 0 Å². The molecule has 1 aliphatic heterocycles. The van der Waals surface area contributed by atoms with E-state index in [1.807, 2.05) is 13.0 Å². The lowest BCUT2D eigenvalue weighted by Gasteiger charge is -2.34. The van der Waals surface area contributed by atoms with Crippen molar-refractivity contribution < 1.29 is 9.13 Å². The largest absolute Gasteiger partial charge is 0.397 e. The highest BCUT2D eigenvalue weighted by Crippen LogP contribution is 2.29. The molecule has 1 aromatic rings. The van der Waals surface area contributed by atoms with Gasteiger partial charge in [0.1, 0.15) is 5.82 Å². The van der Waals surface area contributed by atoms with E-state index >= 15 is 0 Å². The zero-order valence-corrected chi connectivity index (χ0v) is 11.1. The molecule has 0 amide bonds. The lowest BCUT2D eigenvalue weighted by molar-refractivity contribution is 0.0459. The summed E-state index contributed by atoms with van der Waals surface area (Å²) in [6.07, 6.45) is 2.36. The van der Waals surface area contributed by atoms with Gasteiger partial charge in [0.05, 0.1) is 17.5 Å². The van der Waals surface area contributed by atoms with E-state index in [4.69, 9.17) is 10.5 Å². The Morgan fingerprint density at radius 1 is 1.39 bits per heavy atom. The molecule has 0 bridgehead atoms. The first-order valence-electron chi connectivity index (χ1n) is 6.54. The number of rotatable bonds is 3. The van der Waals surface area contributed by atoms with Gasteiger partial charge in [0.25, 0.3) is 0 Å². The molecule has 1 aromatic carbocycles. The quantitative estimate of drug-likeness (QED) is 0.841. The lowest BCUT2D eigenvalue weighted by Crippen LogP contribution is -2.37. The molecule has 1 saturated heterocycles. The first-order chi connectivity index (χ1) is 8.61. The Morgan fingerprint density at radius 3 is 2.67 bits per heavy atom. The summed E-state index contributed by atoms with van der Waals surface area (Å²) >= 11 is 0. The molecular weight excluding hydrogens is 231 g/mol. The smallest absolute Gasteiger partial charge is 0.128 e. The van der Waals surface area contributed by atoms with Gasteiger partial charge >= 0.3 is 0 Å². The number of nitrogens with zero attached hydrogens (tertiary/aromatic N) is 1. The van der Waals surface area contributed by atoms with Crippen molar-refractivity contribution in [2.45, 2.75) is 32.8 Å². The van der Waals surface area contributed by atoms with Crippen molar-refractivity contribution in [3.8, 4) is 0 Å². The molecule has 1 heterocycles. The molecule has 0 atom stereocenters. The molecular formula is C14H21FN2O. The standard InChI is InChI=1S/C14H21FN2O/c1-3-18-11-4-6-17(7-5-11)14-8-10(2)12(15)9-13(14)16/h8-9,11H,3-7,16H2,1-2H3. The van der Waals surface area contributed by atoms with Gasteiger partial charge in [-0.05, 0) is 44.4 Å². The highest BCUT2D eigenvalue weighted by Gasteiger charge is 2.21. The molecule has 4 heteroatoms. The lowest BCUT2D eigenvalue weighted by atomic mass is 10.1. The Morgan fingerprint density at radius 2 is 2.06 bits per heavy atom. The SMILES string of the molecule is CCOC1CCN(c2cc(C)c(F)cc2N)CC1. The molecule has 0 unspecified atom stereocenters. The number of piperidine rings is 1. The van der Waals surface area contributed by atoms with E-state index in [0.29, 0.717) is 17.4 Å². The van der Waals surface area contributed by atoms with Gasteiger partial charge < -0.3 is 15.4 Å². The Hall–Kier alpha value is -1.29. The molecule has 18 heavy (non-hydrogen) atoms. The molecule has 0 radical (unpaired) electrons. The fraction of sp³-hybridized carbons (Fsp3) is 0.571. The third kappa shape index (κ3) is 2.75. The first-order valence-corrected chi connectivity index (χ1v) is 6.54. The molecule has 2 N–H and O–H groups in total. The summed E-state index contributed by atoms with van der Waals surface area (Å²) in [5.74, 6) is -0.236. The second-order valence-corrected chi connectivity index (χ2v) is 4.80. The van der Waals surface area contributed by atoms with E-state index in [2.05, 4.69) is 4.90 Å². The van der Waals surface area contributed by atoms with Crippen LogP contribution in [0.4, 0.5) is 15.8 Å². The fourth-order valence-corrected chi connectivity index (χ4v) is 2.45. The number of nitrogen functional groups attached to an aromatic ring is 1. The second kappa shape index (κ2) is 5.57. The molecule has 0 aliphatic carbocycles. The van der Waals surface area contributed by atoms with Crippen molar-refractivity contribution in [1.29, 1.82) is 0 Å². The summed E-state index contributed by atoms with van der Waals surface area (Å²) in [5, 5.41) is 0. The summed E-state index contributed by atoms with van der Waals surface area (Å²) in [4.78, 5) is 2.22. The van der Waals surface area contributed by atoms with E-state index in [-0.39, 0.29) is 5.82 Å². The summed E-state index contributed by atoms with van der Waals surface area (Å²) in [7, 11) is 0. The maximum Gasteiger partial charge on any atom is 0.128 e. The van der Waals surface area contributed by atoms with Gasteiger partial charge in [-0.3, -0.25) is 0 Å². The van der Waals surface area contributed by atoms with Crippen molar-refractivity contribution in [2.75, 3.05) is 30.3 Å². The minimum atomic E-state index is -0.236. The second-order valence-electron chi connectivity index (χ2n) is 4.80. The molecule has 0 spiro atoms. The topological polar surface area (TPSA) is 38.5 Å². The fourth-order valence-electron chi connectivity index (χ4n) is 2.45. The predicted octanol–water partition coefficient (Wildman–Crippen LogP) is 2.72. The van der Waals surface area contributed by atoms with E-state index < -0.39 is 0 Å². The molecule has 3 nitrogen and oxygen atoms in total. The van der Waals surface area contributed by atoms with Gasteiger partial charge in [-0.1, -0.05) is 0 Å². The summed E-state index contributed by atoms with van der Waals surface area (Å²) in [6.45, 7) is 6.39. The van der Waals surface area contributed by atoms with E-state index in [9.17, 15) is 4.39 Å². The maximum atomic E-state index is 13.4. The molecule has 1 aliphatic rings. The monoisotopic (exact) mass is 252 g/mol. The highest BCUT2D eigenvalue weighted by molar-refractivity contribution is 5.68. The maximum absolute atomic E-state index is 13.4. The van der Waals surface area contributed by atoms with Gasteiger partial charge in [0, 0.05) is 19.7 Å². The van der Waals surface area contributed by atoms with Crippen LogP contribution < -0.4 is 10.6 Å². The number of aryl methyl sites for hydroxylation is 1. The molecule has 1 fully saturated rings. The van der Waals surface area contributed by atoms with Crippen LogP contribution in [-0.4, -0.2) is 25.8 Å². The summed E-state index contributed by atoms with van der Waals surface area (Å²) < 4.78 is 19.0. The molecule has 2 rings (SSSR count).